The van der Waals surface area contributed by atoms with Gasteiger partial charge in [-0.1, -0.05) is 27.7 Å². The van der Waals surface area contributed by atoms with Gasteiger partial charge in [0.1, 0.15) is 5.82 Å². The van der Waals surface area contributed by atoms with E-state index >= 15 is 0 Å². The molecule has 0 aromatic carbocycles. The third-order valence-corrected chi connectivity index (χ3v) is 4.18. The van der Waals surface area contributed by atoms with Crippen molar-refractivity contribution in [3.63, 3.8) is 0 Å². The maximum absolute atomic E-state index is 4.85. The van der Waals surface area contributed by atoms with Gasteiger partial charge in [-0.3, -0.25) is 0 Å². The van der Waals surface area contributed by atoms with Gasteiger partial charge in [-0.15, -0.1) is 0 Å². The predicted octanol–water partition coefficient (Wildman–Crippen LogP) is 3.94. The van der Waals surface area contributed by atoms with Crippen LogP contribution in [0.4, 0.5) is 5.82 Å². The number of rotatable bonds is 7. The quantitative estimate of drug-likeness (QED) is 0.818. The summed E-state index contributed by atoms with van der Waals surface area (Å²) in [6.45, 7) is 15.2. The Bertz CT molecular complexity index is 424. The number of pyridine rings is 1. The van der Waals surface area contributed by atoms with Crippen molar-refractivity contribution in [3.8, 4) is 0 Å². The molecular weight excluding hydrogens is 246 g/mol. The number of nitrogens with one attached hydrogen (secondary N) is 1. The van der Waals surface area contributed by atoms with E-state index in [9.17, 15) is 0 Å². The normalized spacial score (nSPS) is 12.0. The van der Waals surface area contributed by atoms with E-state index in [0.29, 0.717) is 5.92 Å². The van der Waals surface area contributed by atoms with Crippen molar-refractivity contribution in [3.05, 3.63) is 23.4 Å². The molecule has 0 radical (unpaired) electrons. The molecular formula is C17H31N3. The average molecular weight is 277 g/mol. The average Bonchev–Trinajstić information content (AvgIpc) is 2.43. The molecule has 0 unspecified atom stereocenters. The second-order valence-corrected chi connectivity index (χ2v) is 6.42. The summed E-state index contributed by atoms with van der Waals surface area (Å²) in [5.74, 6) is 1.53. The summed E-state index contributed by atoms with van der Waals surface area (Å²) in [6, 6.07) is 4.44. The lowest BCUT2D eigenvalue weighted by molar-refractivity contribution is 0.466. The third kappa shape index (κ3) is 4.20. The summed E-state index contributed by atoms with van der Waals surface area (Å²) in [4.78, 5) is 7.15. The summed E-state index contributed by atoms with van der Waals surface area (Å²) in [7, 11) is 2.15. The largest absolute Gasteiger partial charge is 0.355 e. The highest BCUT2D eigenvalue weighted by Gasteiger charge is 2.23. The lowest BCUT2D eigenvalue weighted by Crippen LogP contribution is -2.41. The summed E-state index contributed by atoms with van der Waals surface area (Å²) < 4.78 is 0. The molecule has 0 fully saturated rings. The molecule has 0 bridgehead atoms. The van der Waals surface area contributed by atoms with Crippen molar-refractivity contribution >= 4 is 5.82 Å². The Morgan fingerprint density at radius 1 is 1.25 bits per heavy atom. The van der Waals surface area contributed by atoms with E-state index in [1.165, 1.54) is 11.3 Å². The fourth-order valence-corrected chi connectivity index (χ4v) is 1.98. The first-order chi connectivity index (χ1) is 9.31. The van der Waals surface area contributed by atoms with E-state index in [2.05, 4.69) is 70.9 Å². The van der Waals surface area contributed by atoms with Gasteiger partial charge in [0.2, 0.25) is 0 Å². The van der Waals surface area contributed by atoms with Crippen LogP contribution in [0, 0.1) is 0 Å². The Balaban J connectivity index is 3.14. The minimum atomic E-state index is 0.123. The zero-order valence-corrected chi connectivity index (χ0v) is 14.2. The molecule has 3 nitrogen and oxygen atoms in total. The summed E-state index contributed by atoms with van der Waals surface area (Å²) in [6.07, 6.45) is 1.10. The van der Waals surface area contributed by atoms with E-state index in [4.69, 9.17) is 4.98 Å². The van der Waals surface area contributed by atoms with Crippen LogP contribution in [-0.4, -0.2) is 24.1 Å². The second kappa shape index (κ2) is 7.07. The van der Waals surface area contributed by atoms with Gasteiger partial charge in [-0.25, -0.2) is 4.98 Å². The molecule has 3 heteroatoms. The van der Waals surface area contributed by atoms with Crippen molar-refractivity contribution in [1.29, 1.82) is 0 Å². The van der Waals surface area contributed by atoms with Crippen molar-refractivity contribution in [2.24, 2.45) is 0 Å². The molecule has 0 saturated carbocycles. The Kier molecular flexibility index (Phi) is 6.00. The molecule has 1 aromatic rings. The smallest absolute Gasteiger partial charge is 0.129 e. The first kappa shape index (κ1) is 17.0. The molecule has 0 aliphatic carbocycles. The fourth-order valence-electron chi connectivity index (χ4n) is 1.98. The zero-order valence-electron chi connectivity index (χ0n) is 14.2. The Morgan fingerprint density at radius 3 is 2.40 bits per heavy atom. The minimum absolute atomic E-state index is 0.123. The maximum Gasteiger partial charge on any atom is 0.129 e. The van der Waals surface area contributed by atoms with Crippen molar-refractivity contribution in [2.45, 2.75) is 66.0 Å². The van der Waals surface area contributed by atoms with E-state index in [0.717, 1.165) is 25.3 Å². The molecule has 1 rings (SSSR count). The van der Waals surface area contributed by atoms with Crippen LogP contribution in [0.25, 0.3) is 0 Å². The van der Waals surface area contributed by atoms with E-state index in [1.54, 1.807) is 0 Å². The SMILES string of the molecule is CCNCc1cc(C(C)C)nc(N(C)C(C)(C)CC)c1. The summed E-state index contributed by atoms with van der Waals surface area (Å²) in [5.41, 5.74) is 2.62. The Morgan fingerprint density at radius 2 is 1.90 bits per heavy atom. The van der Waals surface area contributed by atoms with Crippen LogP contribution in [-0.2, 0) is 6.54 Å². The van der Waals surface area contributed by atoms with Crippen LogP contribution in [0.2, 0.25) is 0 Å². The van der Waals surface area contributed by atoms with E-state index in [1.807, 2.05) is 0 Å². The van der Waals surface area contributed by atoms with Gasteiger partial charge >= 0.3 is 0 Å². The monoisotopic (exact) mass is 277 g/mol. The number of nitrogens with zero attached hydrogens (tertiary/aromatic N) is 2. The van der Waals surface area contributed by atoms with Gasteiger partial charge in [0, 0.05) is 24.8 Å². The first-order valence-electron chi connectivity index (χ1n) is 7.77. The van der Waals surface area contributed by atoms with Crippen LogP contribution in [0.1, 0.15) is 65.1 Å². The lowest BCUT2D eigenvalue weighted by Gasteiger charge is -2.36. The number of hydrogen-bond acceptors (Lipinski definition) is 3. The van der Waals surface area contributed by atoms with E-state index < -0.39 is 0 Å². The zero-order chi connectivity index (χ0) is 15.3. The standard InChI is InChI=1S/C17H31N3/c1-8-17(5,6)20(7)16-11-14(12-18-9-2)10-15(19-16)13(3)4/h10-11,13,18H,8-9,12H2,1-7H3. The van der Waals surface area contributed by atoms with E-state index in [-0.39, 0.29) is 5.54 Å². The van der Waals surface area contributed by atoms with Crippen LogP contribution < -0.4 is 10.2 Å². The molecule has 114 valence electrons. The van der Waals surface area contributed by atoms with Crippen LogP contribution >= 0.6 is 0 Å². The molecule has 0 saturated heterocycles. The van der Waals surface area contributed by atoms with Crippen molar-refractivity contribution in [2.75, 3.05) is 18.5 Å². The van der Waals surface area contributed by atoms with Crippen LogP contribution in [0.5, 0.6) is 0 Å². The number of hydrogen-bond donors (Lipinski definition) is 1. The molecule has 0 amide bonds. The Labute approximate surface area is 124 Å². The Hall–Kier alpha value is -1.09. The molecule has 1 aromatic heterocycles. The highest BCUT2D eigenvalue weighted by Crippen LogP contribution is 2.26. The topological polar surface area (TPSA) is 28.2 Å². The number of aromatic nitrogens is 1. The molecule has 0 atom stereocenters. The molecule has 0 aliphatic rings. The van der Waals surface area contributed by atoms with Gasteiger partial charge in [0.25, 0.3) is 0 Å². The summed E-state index contributed by atoms with van der Waals surface area (Å²) in [5, 5.41) is 3.40. The summed E-state index contributed by atoms with van der Waals surface area (Å²) >= 11 is 0. The number of anilines is 1. The molecule has 1 heterocycles. The van der Waals surface area contributed by atoms with Gasteiger partial charge in [0.15, 0.2) is 0 Å². The van der Waals surface area contributed by atoms with Gasteiger partial charge in [-0.2, -0.15) is 0 Å². The highest BCUT2D eigenvalue weighted by atomic mass is 15.2. The van der Waals surface area contributed by atoms with Crippen LogP contribution in [0.15, 0.2) is 12.1 Å². The lowest BCUT2D eigenvalue weighted by atomic mass is 9.99. The minimum Gasteiger partial charge on any atom is -0.355 e. The molecule has 1 N–H and O–H groups in total. The second-order valence-electron chi connectivity index (χ2n) is 6.42. The van der Waals surface area contributed by atoms with Crippen molar-refractivity contribution < 1.29 is 0 Å². The first-order valence-corrected chi connectivity index (χ1v) is 7.77. The van der Waals surface area contributed by atoms with Gasteiger partial charge < -0.3 is 10.2 Å². The molecule has 20 heavy (non-hydrogen) atoms. The van der Waals surface area contributed by atoms with Gasteiger partial charge in [-0.05, 0) is 50.4 Å². The van der Waals surface area contributed by atoms with Gasteiger partial charge in [0.05, 0.1) is 0 Å². The maximum atomic E-state index is 4.85. The molecule has 0 spiro atoms. The third-order valence-electron chi connectivity index (χ3n) is 4.18. The van der Waals surface area contributed by atoms with Crippen molar-refractivity contribution in [1.82, 2.24) is 10.3 Å². The predicted molar refractivity (Wildman–Crippen MR) is 88.5 cm³/mol. The fraction of sp³-hybridized carbons (Fsp3) is 0.706. The molecule has 0 aliphatic heterocycles. The van der Waals surface area contributed by atoms with Crippen LogP contribution in [0.3, 0.4) is 0 Å². The highest BCUT2D eigenvalue weighted by molar-refractivity contribution is 5.45.